The Bertz CT molecular complexity index is 1050. The van der Waals surface area contributed by atoms with Crippen molar-refractivity contribution >= 4 is 5.91 Å². The van der Waals surface area contributed by atoms with Gasteiger partial charge >= 0.3 is 0 Å². The molecule has 1 fully saturated rings. The van der Waals surface area contributed by atoms with Crippen LogP contribution in [0.25, 0.3) is 16.9 Å². The number of hydrogen-bond donors (Lipinski definition) is 0. The molecule has 4 nitrogen and oxygen atoms in total. The zero-order chi connectivity index (χ0) is 21.3. The average molecular weight is 407 g/mol. The number of hydrogen-bond acceptors (Lipinski definition) is 2. The number of carbonyl (C=O) groups is 1. The average Bonchev–Trinajstić information content (AvgIpc) is 3.11. The summed E-state index contributed by atoms with van der Waals surface area (Å²) in [5.74, 6) is 1.09. The second kappa shape index (κ2) is 8.34. The largest absolute Gasteiger partial charge is 0.497 e. The van der Waals surface area contributed by atoms with Gasteiger partial charge in [-0.25, -0.2) is 4.39 Å². The van der Waals surface area contributed by atoms with Crippen molar-refractivity contribution < 1.29 is 13.9 Å². The maximum Gasteiger partial charge on any atom is 0.255 e. The molecule has 1 aliphatic heterocycles. The first-order valence-electron chi connectivity index (χ1n) is 10.4. The predicted octanol–water partition coefficient (Wildman–Crippen LogP) is 5.47. The van der Waals surface area contributed by atoms with Gasteiger partial charge in [-0.1, -0.05) is 19.1 Å². The lowest BCUT2D eigenvalue weighted by Gasteiger charge is -2.30. The number of carbonyl (C=O) groups excluding carboxylic acids is 1. The first-order valence-corrected chi connectivity index (χ1v) is 10.4. The molecule has 1 aliphatic rings. The first kappa shape index (κ1) is 20.2. The van der Waals surface area contributed by atoms with Gasteiger partial charge in [-0.15, -0.1) is 0 Å². The van der Waals surface area contributed by atoms with Crippen LogP contribution >= 0.6 is 0 Å². The number of para-hydroxylation sites is 1. The molecule has 156 valence electrons. The Morgan fingerprint density at radius 2 is 1.73 bits per heavy atom. The van der Waals surface area contributed by atoms with E-state index in [9.17, 15) is 9.18 Å². The summed E-state index contributed by atoms with van der Waals surface area (Å²) in [6.45, 7) is 5.65. The van der Waals surface area contributed by atoms with Crippen molar-refractivity contribution in [3.05, 3.63) is 71.7 Å². The predicted molar refractivity (Wildman–Crippen MR) is 117 cm³/mol. The van der Waals surface area contributed by atoms with E-state index in [4.69, 9.17) is 4.74 Å². The van der Waals surface area contributed by atoms with E-state index in [1.54, 1.807) is 19.2 Å². The van der Waals surface area contributed by atoms with Crippen LogP contribution in [0.3, 0.4) is 0 Å². The molecule has 0 aliphatic carbocycles. The van der Waals surface area contributed by atoms with Crippen molar-refractivity contribution in [1.29, 1.82) is 0 Å². The van der Waals surface area contributed by atoms with Crippen LogP contribution < -0.4 is 4.74 Å². The second-order valence-electron chi connectivity index (χ2n) is 8.02. The molecule has 1 amide bonds. The van der Waals surface area contributed by atoms with Crippen LogP contribution in [0.2, 0.25) is 0 Å². The molecule has 0 N–H and O–H groups in total. The summed E-state index contributed by atoms with van der Waals surface area (Å²) in [4.78, 5) is 15.3. The zero-order valence-electron chi connectivity index (χ0n) is 17.7. The van der Waals surface area contributed by atoms with E-state index in [0.29, 0.717) is 17.2 Å². The van der Waals surface area contributed by atoms with Gasteiger partial charge in [0.15, 0.2) is 0 Å². The molecular weight excluding hydrogens is 379 g/mol. The van der Waals surface area contributed by atoms with Gasteiger partial charge in [-0.3, -0.25) is 4.79 Å². The second-order valence-corrected chi connectivity index (χ2v) is 8.02. The van der Waals surface area contributed by atoms with Crippen LogP contribution in [0.4, 0.5) is 4.39 Å². The fourth-order valence-corrected chi connectivity index (χ4v) is 4.12. The lowest BCUT2D eigenvalue weighted by Crippen LogP contribution is -2.38. The highest BCUT2D eigenvalue weighted by molar-refractivity contribution is 5.97. The van der Waals surface area contributed by atoms with Gasteiger partial charge in [0.25, 0.3) is 5.91 Å². The summed E-state index contributed by atoms with van der Waals surface area (Å²) >= 11 is 0. The van der Waals surface area contributed by atoms with Crippen molar-refractivity contribution in [2.24, 2.45) is 5.92 Å². The zero-order valence-corrected chi connectivity index (χ0v) is 17.7. The van der Waals surface area contributed by atoms with E-state index < -0.39 is 0 Å². The van der Waals surface area contributed by atoms with Gasteiger partial charge in [0.05, 0.1) is 24.1 Å². The molecule has 2 heterocycles. The van der Waals surface area contributed by atoms with Crippen LogP contribution in [-0.2, 0) is 0 Å². The van der Waals surface area contributed by atoms with Crippen LogP contribution in [0.15, 0.2) is 54.6 Å². The molecule has 1 saturated heterocycles. The summed E-state index contributed by atoms with van der Waals surface area (Å²) in [6.07, 6.45) is 2.04. The standard InChI is InChI=1S/C25H27FN2O2/c1-17-12-14-27(15-13-17)25(29)21-16-24(19-8-10-20(30-3)11-9-19)28(18(21)2)23-7-5-4-6-22(23)26/h4-11,16-17H,12-15H2,1-3H3. The minimum atomic E-state index is -0.322. The van der Waals surface area contributed by atoms with E-state index in [2.05, 4.69) is 6.92 Å². The summed E-state index contributed by atoms with van der Waals surface area (Å²) in [6, 6.07) is 16.2. The molecule has 0 saturated carbocycles. The number of methoxy groups -OCH3 is 1. The molecule has 0 radical (unpaired) electrons. The van der Waals surface area contributed by atoms with Crippen LogP contribution in [0, 0.1) is 18.7 Å². The topological polar surface area (TPSA) is 34.5 Å². The Balaban J connectivity index is 1.83. The van der Waals surface area contributed by atoms with E-state index in [0.717, 1.165) is 48.6 Å². The maximum atomic E-state index is 14.7. The monoisotopic (exact) mass is 406 g/mol. The Labute approximate surface area is 176 Å². The third kappa shape index (κ3) is 3.72. The smallest absolute Gasteiger partial charge is 0.255 e. The Hall–Kier alpha value is -3.08. The van der Waals surface area contributed by atoms with E-state index in [-0.39, 0.29) is 11.7 Å². The minimum Gasteiger partial charge on any atom is -0.497 e. The maximum absolute atomic E-state index is 14.7. The number of likely N-dealkylation sites (tertiary alicyclic amines) is 1. The van der Waals surface area contributed by atoms with Gasteiger partial charge in [0, 0.05) is 18.8 Å². The number of benzene rings is 2. The molecule has 5 heteroatoms. The van der Waals surface area contributed by atoms with Crippen LogP contribution in [-0.4, -0.2) is 35.6 Å². The molecule has 0 atom stereocenters. The van der Waals surface area contributed by atoms with Gasteiger partial charge in [0.2, 0.25) is 0 Å². The number of piperidine rings is 1. The third-order valence-corrected chi connectivity index (χ3v) is 6.03. The molecule has 2 aromatic carbocycles. The molecule has 0 unspecified atom stereocenters. The Kier molecular flexibility index (Phi) is 5.62. The minimum absolute atomic E-state index is 0.0178. The highest BCUT2D eigenvalue weighted by atomic mass is 19.1. The van der Waals surface area contributed by atoms with E-state index >= 15 is 0 Å². The van der Waals surface area contributed by atoms with E-state index in [1.165, 1.54) is 6.07 Å². The molecule has 3 aromatic rings. The molecular formula is C25H27FN2O2. The van der Waals surface area contributed by atoms with Gasteiger partial charge in [0.1, 0.15) is 11.6 Å². The number of halogens is 1. The summed E-state index contributed by atoms with van der Waals surface area (Å²) < 4.78 is 21.9. The van der Waals surface area contributed by atoms with Crippen LogP contribution in [0.5, 0.6) is 5.75 Å². The highest BCUT2D eigenvalue weighted by Gasteiger charge is 2.26. The quantitative estimate of drug-likeness (QED) is 0.576. The highest BCUT2D eigenvalue weighted by Crippen LogP contribution is 2.32. The number of nitrogens with zero attached hydrogens (tertiary/aromatic N) is 2. The third-order valence-electron chi connectivity index (χ3n) is 6.03. The summed E-state index contributed by atoms with van der Waals surface area (Å²) in [5.41, 5.74) is 3.49. The fourth-order valence-electron chi connectivity index (χ4n) is 4.12. The molecule has 1 aromatic heterocycles. The van der Waals surface area contributed by atoms with Crippen molar-refractivity contribution in [3.8, 4) is 22.7 Å². The lowest BCUT2D eigenvalue weighted by atomic mass is 9.98. The van der Waals surface area contributed by atoms with Crippen molar-refractivity contribution in [1.82, 2.24) is 9.47 Å². The van der Waals surface area contributed by atoms with Gasteiger partial charge < -0.3 is 14.2 Å². The molecule has 0 spiro atoms. The molecule has 4 rings (SSSR count). The SMILES string of the molecule is COc1ccc(-c2cc(C(=O)N3CCC(C)CC3)c(C)n2-c2ccccc2F)cc1. The first-order chi connectivity index (χ1) is 14.5. The van der Waals surface area contributed by atoms with Crippen molar-refractivity contribution in [2.45, 2.75) is 26.7 Å². The summed E-state index contributed by atoms with van der Waals surface area (Å²) in [5, 5.41) is 0. The fraction of sp³-hybridized carbons (Fsp3) is 0.320. The van der Waals surface area contributed by atoms with Crippen molar-refractivity contribution in [3.63, 3.8) is 0 Å². The number of rotatable bonds is 4. The number of aromatic nitrogens is 1. The molecule has 30 heavy (non-hydrogen) atoms. The Morgan fingerprint density at radius 3 is 2.37 bits per heavy atom. The lowest BCUT2D eigenvalue weighted by molar-refractivity contribution is 0.0696. The van der Waals surface area contributed by atoms with Crippen molar-refractivity contribution in [2.75, 3.05) is 20.2 Å². The van der Waals surface area contributed by atoms with Gasteiger partial charge in [-0.05, 0) is 73.7 Å². The number of ether oxygens (including phenoxy) is 1. The molecule has 0 bridgehead atoms. The van der Waals surface area contributed by atoms with Gasteiger partial charge in [-0.2, -0.15) is 0 Å². The normalized spacial score (nSPS) is 14.7. The summed E-state index contributed by atoms with van der Waals surface area (Å²) in [7, 11) is 1.62. The van der Waals surface area contributed by atoms with Crippen LogP contribution in [0.1, 0.15) is 35.8 Å². The van der Waals surface area contributed by atoms with E-state index in [1.807, 2.05) is 52.8 Å². The Morgan fingerprint density at radius 1 is 1.07 bits per heavy atom. The number of amides is 1.